The maximum absolute atomic E-state index is 5.21. The molecule has 8 heteroatoms. The fourth-order valence-corrected chi connectivity index (χ4v) is 6.10. The predicted octanol–water partition coefficient (Wildman–Crippen LogP) is 8.42. The first-order valence-electron chi connectivity index (χ1n) is 16.0. The van der Waals surface area contributed by atoms with Gasteiger partial charge in [0.25, 0.3) is 0 Å². The van der Waals surface area contributed by atoms with E-state index in [1.807, 2.05) is 133 Å². The first-order chi connectivity index (χ1) is 24.3. The summed E-state index contributed by atoms with van der Waals surface area (Å²) in [7, 11) is 0. The quantitative estimate of drug-likeness (QED) is 0.180. The van der Waals surface area contributed by atoms with Gasteiger partial charge in [-0.2, -0.15) is 0 Å². The topological polar surface area (TPSA) is 103 Å². The lowest BCUT2D eigenvalue weighted by Gasteiger charge is -2.13. The summed E-state index contributed by atoms with van der Waals surface area (Å²) in [5, 5.41) is 0. The highest BCUT2D eigenvalue weighted by Gasteiger charge is 2.29. The summed E-state index contributed by atoms with van der Waals surface area (Å²) >= 11 is 0. The van der Waals surface area contributed by atoms with Gasteiger partial charge in [-0.3, -0.25) is 0 Å². The number of aromatic nitrogens is 8. The van der Waals surface area contributed by atoms with Gasteiger partial charge in [-0.05, 0) is 11.1 Å². The zero-order valence-corrected chi connectivity index (χ0v) is 26.1. The lowest BCUT2D eigenvalue weighted by atomic mass is 10.0. The van der Waals surface area contributed by atoms with Gasteiger partial charge in [0.1, 0.15) is 5.69 Å². The molecular weight excluding hydrogens is 605 g/mol. The van der Waals surface area contributed by atoms with E-state index in [9.17, 15) is 0 Å². The SMILES string of the molecule is c1ccc(-c2nc(-c3ccccc3)nc(-c3nc4c(c(-c5nc(-c6ccccc6)nc(-c6ccccc6)n5)n3)-c3ccccc3C4)n2)cc1. The van der Waals surface area contributed by atoms with E-state index in [0.29, 0.717) is 52.9 Å². The minimum absolute atomic E-state index is 0.369. The normalized spacial score (nSPS) is 11.6. The third-order valence-corrected chi connectivity index (χ3v) is 8.44. The monoisotopic (exact) mass is 630 g/mol. The Morgan fingerprint density at radius 2 is 0.673 bits per heavy atom. The molecule has 0 radical (unpaired) electrons. The molecule has 8 aromatic rings. The Morgan fingerprint density at radius 1 is 0.306 bits per heavy atom. The Hall–Kier alpha value is -6.80. The number of nitrogens with zero attached hydrogens (tertiary/aromatic N) is 8. The summed E-state index contributed by atoms with van der Waals surface area (Å²) in [5.74, 6) is 3.39. The van der Waals surface area contributed by atoms with Gasteiger partial charge in [0.2, 0.25) is 5.82 Å². The van der Waals surface area contributed by atoms with Crippen LogP contribution in [0.3, 0.4) is 0 Å². The van der Waals surface area contributed by atoms with Crippen LogP contribution in [0, 0.1) is 0 Å². The zero-order valence-electron chi connectivity index (χ0n) is 26.1. The van der Waals surface area contributed by atoms with Crippen LogP contribution in [0.5, 0.6) is 0 Å². The van der Waals surface area contributed by atoms with Crippen molar-refractivity contribution in [3.8, 4) is 79.8 Å². The van der Waals surface area contributed by atoms with E-state index >= 15 is 0 Å². The van der Waals surface area contributed by atoms with Gasteiger partial charge in [0, 0.05) is 34.2 Å². The standard InChI is InChI=1S/C41H26N8/c1-5-15-26(16-6-1)35-44-36(27-17-7-2-8-18-27)47-39(46-35)34-33-31-24-14-13-23-30(31)25-32(33)42-40(43-34)41-48-37(28-19-9-3-10-20-28)45-38(49-41)29-21-11-4-12-22-29/h1-24H,25H2. The van der Waals surface area contributed by atoms with Gasteiger partial charge < -0.3 is 0 Å². The summed E-state index contributed by atoms with van der Waals surface area (Å²) < 4.78 is 0. The smallest absolute Gasteiger partial charge is 0.201 e. The predicted molar refractivity (Wildman–Crippen MR) is 190 cm³/mol. The van der Waals surface area contributed by atoms with E-state index in [1.54, 1.807) is 0 Å². The Balaban J connectivity index is 1.30. The highest BCUT2D eigenvalue weighted by molar-refractivity contribution is 5.87. The summed E-state index contributed by atoms with van der Waals surface area (Å²) in [6.45, 7) is 0. The summed E-state index contributed by atoms with van der Waals surface area (Å²) in [4.78, 5) is 40.1. The van der Waals surface area contributed by atoms with Gasteiger partial charge in [-0.1, -0.05) is 146 Å². The zero-order chi connectivity index (χ0) is 32.6. The van der Waals surface area contributed by atoms with Gasteiger partial charge >= 0.3 is 0 Å². The van der Waals surface area contributed by atoms with Crippen LogP contribution in [0.2, 0.25) is 0 Å². The molecule has 0 saturated carbocycles. The van der Waals surface area contributed by atoms with Crippen LogP contribution in [0.25, 0.3) is 79.8 Å². The first-order valence-corrected chi connectivity index (χ1v) is 16.0. The molecule has 9 rings (SSSR count). The third-order valence-electron chi connectivity index (χ3n) is 8.44. The molecule has 0 N–H and O–H groups in total. The maximum Gasteiger partial charge on any atom is 0.201 e. The van der Waals surface area contributed by atoms with Crippen molar-refractivity contribution >= 4 is 0 Å². The first kappa shape index (κ1) is 28.4. The number of rotatable bonds is 6. The molecule has 0 spiro atoms. The molecule has 1 aliphatic rings. The van der Waals surface area contributed by atoms with Crippen molar-refractivity contribution < 1.29 is 0 Å². The number of fused-ring (bicyclic) bond motifs is 3. The largest absolute Gasteiger partial charge is 0.229 e. The molecule has 230 valence electrons. The van der Waals surface area contributed by atoms with Crippen LogP contribution in [0.4, 0.5) is 0 Å². The second-order valence-corrected chi connectivity index (χ2v) is 11.6. The molecule has 1 aliphatic carbocycles. The number of benzene rings is 5. The van der Waals surface area contributed by atoms with Gasteiger partial charge in [-0.15, -0.1) is 0 Å². The van der Waals surface area contributed by atoms with Crippen LogP contribution in [0.15, 0.2) is 146 Å². The van der Waals surface area contributed by atoms with Gasteiger partial charge in [0.15, 0.2) is 34.9 Å². The fraction of sp³-hybridized carbons (Fsp3) is 0.0244. The summed E-state index contributed by atoms with van der Waals surface area (Å²) in [5.41, 5.74) is 8.10. The van der Waals surface area contributed by atoms with Crippen molar-refractivity contribution in [3.63, 3.8) is 0 Å². The average molecular weight is 631 g/mol. The Kier molecular flexibility index (Phi) is 7.02. The van der Waals surface area contributed by atoms with E-state index in [4.69, 9.17) is 39.9 Å². The minimum atomic E-state index is 0.369. The molecule has 8 nitrogen and oxygen atoms in total. The Bertz CT molecular complexity index is 2340. The van der Waals surface area contributed by atoms with E-state index < -0.39 is 0 Å². The van der Waals surface area contributed by atoms with Crippen LogP contribution < -0.4 is 0 Å². The van der Waals surface area contributed by atoms with E-state index in [2.05, 4.69) is 12.1 Å². The maximum atomic E-state index is 5.21. The molecule has 0 atom stereocenters. The lowest BCUT2D eigenvalue weighted by molar-refractivity contribution is 0.995. The van der Waals surface area contributed by atoms with Gasteiger partial charge in [0.05, 0.1) is 5.69 Å². The average Bonchev–Trinajstić information content (AvgIpc) is 3.57. The highest BCUT2D eigenvalue weighted by atomic mass is 15.1. The molecular formula is C41H26N8. The van der Waals surface area contributed by atoms with Crippen molar-refractivity contribution in [2.45, 2.75) is 6.42 Å². The molecule has 0 fully saturated rings. The highest BCUT2D eigenvalue weighted by Crippen LogP contribution is 2.42. The molecule has 0 bridgehead atoms. The van der Waals surface area contributed by atoms with Crippen molar-refractivity contribution in [1.29, 1.82) is 0 Å². The molecule has 3 heterocycles. The lowest BCUT2D eigenvalue weighted by Crippen LogP contribution is -2.07. The number of hydrogen-bond acceptors (Lipinski definition) is 8. The minimum Gasteiger partial charge on any atom is -0.229 e. The molecule has 49 heavy (non-hydrogen) atoms. The third kappa shape index (κ3) is 5.41. The molecule has 0 saturated heterocycles. The summed E-state index contributed by atoms with van der Waals surface area (Å²) in [6.07, 6.45) is 0.637. The van der Waals surface area contributed by atoms with Crippen molar-refractivity contribution in [2.75, 3.05) is 0 Å². The second-order valence-electron chi connectivity index (χ2n) is 11.6. The van der Waals surface area contributed by atoms with Crippen molar-refractivity contribution in [2.24, 2.45) is 0 Å². The van der Waals surface area contributed by atoms with E-state index in [-0.39, 0.29) is 0 Å². The molecule has 5 aromatic carbocycles. The summed E-state index contributed by atoms with van der Waals surface area (Å²) in [6, 6.07) is 48.0. The molecule has 0 amide bonds. The van der Waals surface area contributed by atoms with Crippen molar-refractivity contribution in [3.05, 3.63) is 157 Å². The van der Waals surface area contributed by atoms with Crippen LogP contribution in [-0.2, 0) is 6.42 Å². The van der Waals surface area contributed by atoms with Gasteiger partial charge in [-0.25, -0.2) is 39.9 Å². The fourth-order valence-electron chi connectivity index (χ4n) is 6.10. The Morgan fingerprint density at radius 3 is 1.14 bits per heavy atom. The van der Waals surface area contributed by atoms with E-state index in [0.717, 1.165) is 44.6 Å². The van der Waals surface area contributed by atoms with Crippen LogP contribution in [0.1, 0.15) is 11.3 Å². The molecule has 3 aromatic heterocycles. The Labute approximate surface area is 282 Å². The van der Waals surface area contributed by atoms with E-state index in [1.165, 1.54) is 0 Å². The van der Waals surface area contributed by atoms with Crippen LogP contribution >= 0.6 is 0 Å². The second kappa shape index (κ2) is 12.1. The molecule has 0 unspecified atom stereocenters. The molecule has 0 aliphatic heterocycles. The van der Waals surface area contributed by atoms with Crippen LogP contribution in [-0.4, -0.2) is 39.9 Å². The van der Waals surface area contributed by atoms with Crippen molar-refractivity contribution in [1.82, 2.24) is 39.9 Å². The number of hydrogen-bond donors (Lipinski definition) is 0.